The molecule has 14 nitrogen and oxygen atoms in total. The minimum Gasteiger partial charge on any atom is -0.330 e. The molecule has 3 aliphatic heterocycles. The van der Waals surface area contributed by atoms with Gasteiger partial charge in [0.2, 0.25) is 30.0 Å². The molecule has 342 valence electrons. The normalized spacial score (nSPS) is 19.4. The Morgan fingerprint density at radius 2 is 1.63 bits per heavy atom. The van der Waals surface area contributed by atoms with Crippen LogP contribution in [-0.2, 0) is 30.5 Å². The maximum absolute atomic E-state index is 14.8. The van der Waals surface area contributed by atoms with Crippen molar-refractivity contribution in [1.29, 1.82) is 0 Å². The van der Waals surface area contributed by atoms with Crippen molar-refractivity contribution in [3.05, 3.63) is 123 Å². The van der Waals surface area contributed by atoms with Gasteiger partial charge in [-0.25, -0.2) is 4.39 Å². The summed E-state index contributed by atoms with van der Waals surface area (Å²) >= 11 is 12.1. The Kier molecular flexibility index (Phi) is 17.0. The van der Waals surface area contributed by atoms with Crippen LogP contribution in [0.4, 0.5) is 21.5 Å². The smallest absolute Gasteiger partial charge is 0.255 e. The van der Waals surface area contributed by atoms with Crippen LogP contribution in [0.5, 0.6) is 0 Å². The van der Waals surface area contributed by atoms with E-state index in [1.54, 1.807) is 78.9 Å². The molecule has 7 N–H and O–H groups in total. The van der Waals surface area contributed by atoms with E-state index in [2.05, 4.69) is 26.6 Å². The molecule has 3 fully saturated rings. The molecule has 2 saturated heterocycles. The zero-order chi connectivity index (χ0) is 46.5. The standard InChI is InChI=1S/C22H23Cl2FN2O.C18H22N4O4.C8H7NO2/c23-14-6-4-7-15(12-14)27-21(28)19-17(16-8-5-9-18(24)20(16)25)13-26-22(19)10-2-1-3-11-22;19-9-2-1-6-15(23)20-13-5-3-4-11-12(13)10-22(18(11)26)14-7-8-16(24)21-17(14)25;10-5-7-1-3-8(4-2-7)9-6-11/h4-9,12,17,19,26H,1-3,10-11,13H2,(H,27,28);3-5,14H,1-2,6-10,19H2,(H,20,23)(H,21,24,25);1-6H,(H,9,11). The predicted molar refractivity (Wildman–Crippen MR) is 247 cm³/mol. The molecule has 8 rings (SSSR count). The molecule has 1 spiro atoms. The number of fused-ring (bicyclic) bond motifs is 1. The highest BCUT2D eigenvalue weighted by Crippen LogP contribution is 2.47. The number of benzene rings is 4. The summed E-state index contributed by atoms with van der Waals surface area (Å²) in [6, 6.07) is 23.2. The molecule has 0 bridgehead atoms. The van der Waals surface area contributed by atoms with Crippen LogP contribution >= 0.6 is 23.2 Å². The zero-order valence-corrected chi connectivity index (χ0v) is 37.2. The molecule has 6 amide bonds. The number of carbonyl (C=O) groups is 7. The van der Waals surface area contributed by atoms with Gasteiger partial charge in [0.05, 0.1) is 10.9 Å². The molecular formula is C48H52Cl2FN7O7. The summed E-state index contributed by atoms with van der Waals surface area (Å²) in [6.07, 6.45) is 8.86. The van der Waals surface area contributed by atoms with E-state index in [0.717, 1.165) is 38.4 Å². The van der Waals surface area contributed by atoms with Gasteiger partial charge in [0.1, 0.15) is 18.1 Å². The van der Waals surface area contributed by atoms with E-state index in [4.69, 9.17) is 28.9 Å². The van der Waals surface area contributed by atoms with Crippen LogP contribution < -0.4 is 32.3 Å². The van der Waals surface area contributed by atoms with Crippen LogP contribution in [0.3, 0.4) is 0 Å². The van der Waals surface area contributed by atoms with Gasteiger partial charge in [-0.2, -0.15) is 0 Å². The lowest BCUT2D eigenvalue weighted by Gasteiger charge is -2.39. The van der Waals surface area contributed by atoms with Gasteiger partial charge >= 0.3 is 0 Å². The first-order valence-electron chi connectivity index (χ1n) is 21.6. The Hall–Kier alpha value is -6.00. The van der Waals surface area contributed by atoms with E-state index in [1.165, 1.54) is 11.3 Å². The summed E-state index contributed by atoms with van der Waals surface area (Å²) < 4.78 is 14.8. The van der Waals surface area contributed by atoms with Crippen molar-refractivity contribution in [2.75, 3.05) is 29.0 Å². The fourth-order valence-electron chi connectivity index (χ4n) is 8.98. The topological polar surface area (TPSA) is 209 Å². The number of amides is 6. The highest BCUT2D eigenvalue weighted by atomic mass is 35.5. The third-order valence-corrected chi connectivity index (χ3v) is 12.7. The van der Waals surface area contributed by atoms with Crippen LogP contribution in [0.2, 0.25) is 10.0 Å². The largest absolute Gasteiger partial charge is 0.330 e. The van der Waals surface area contributed by atoms with Gasteiger partial charge in [-0.1, -0.05) is 66.7 Å². The first-order chi connectivity index (χ1) is 31.4. The van der Waals surface area contributed by atoms with Crippen LogP contribution in [0.15, 0.2) is 84.9 Å². The molecule has 4 aliphatic rings. The van der Waals surface area contributed by atoms with Crippen molar-refractivity contribution in [3.63, 3.8) is 0 Å². The highest BCUT2D eigenvalue weighted by molar-refractivity contribution is 6.31. The number of nitrogens with one attached hydrogen (secondary N) is 5. The Labute approximate surface area is 386 Å². The number of aldehydes is 1. The Morgan fingerprint density at radius 3 is 2.32 bits per heavy atom. The van der Waals surface area contributed by atoms with Crippen LogP contribution in [0, 0.1) is 11.7 Å². The van der Waals surface area contributed by atoms with Gasteiger partial charge in [-0.05, 0) is 105 Å². The number of rotatable bonds is 12. The Morgan fingerprint density at radius 1 is 0.892 bits per heavy atom. The number of hydrogen-bond donors (Lipinski definition) is 6. The highest BCUT2D eigenvalue weighted by Gasteiger charge is 2.53. The van der Waals surface area contributed by atoms with Gasteiger partial charge in [0, 0.05) is 76.2 Å². The van der Waals surface area contributed by atoms with Crippen molar-refractivity contribution < 1.29 is 38.0 Å². The molecule has 4 aromatic rings. The lowest BCUT2D eigenvalue weighted by molar-refractivity contribution is -0.137. The number of nitrogens with two attached hydrogens (primary N) is 1. The molecule has 0 aromatic heterocycles. The maximum atomic E-state index is 14.8. The van der Waals surface area contributed by atoms with Crippen molar-refractivity contribution in [2.45, 2.75) is 88.3 Å². The third-order valence-electron chi connectivity index (χ3n) is 12.2. The van der Waals surface area contributed by atoms with E-state index in [9.17, 15) is 38.0 Å². The van der Waals surface area contributed by atoms with Gasteiger partial charge < -0.3 is 31.9 Å². The van der Waals surface area contributed by atoms with E-state index >= 15 is 0 Å². The number of carbonyl (C=O) groups excluding carboxylic acids is 7. The third kappa shape index (κ3) is 12.0. The quantitative estimate of drug-likeness (QED) is 0.0476. The summed E-state index contributed by atoms with van der Waals surface area (Å²) in [6.45, 7) is 1.34. The van der Waals surface area contributed by atoms with E-state index in [0.29, 0.717) is 83.1 Å². The maximum Gasteiger partial charge on any atom is 0.255 e. The lowest BCUT2D eigenvalue weighted by atomic mass is 9.69. The molecule has 3 atom stereocenters. The van der Waals surface area contributed by atoms with Crippen LogP contribution in [0.1, 0.15) is 102 Å². The summed E-state index contributed by atoms with van der Waals surface area (Å²) in [7, 11) is 0. The van der Waals surface area contributed by atoms with Gasteiger partial charge in [-0.3, -0.25) is 38.9 Å². The molecule has 0 radical (unpaired) electrons. The molecule has 1 saturated carbocycles. The number of hydrogen-bond acceptors (Lipinski definition) is 9. The van der Waals surface area contributed by atoms with E-state index in [-0.39, 0.29) is 59.0 Å². The number of imide groups is 1. The average Bonchev–Trinajstić information content (AvgIpc) is 3.83. The second-order valence-electron chi connectivity index (χ2n) is 16.4. The molecule has 4 aromatic carbocycles. The van der Waals surface area contributed by atoms with Crippen LogP contribution in [-0.4, -0.2) is 71.8 Å². The molecule has 3 unspecified atom stereocenters. The van der Waals surface area contributed by atoms with Crippen molar-refractivity contribution >= 4 is 82.5 Å². The average molecular weight is 929 g/mol. The van der Waals surface area contributed by atoms with Crippen molar-refractivity contribution in [1.82, 2.24) is 15.5 Å². The van der Waals surface area contributed by atoms with Gasteiger partial charge in [0.15, 0.2) is 0 Å². The minimum atomic E-state index is -0.666. The number of piperidine rings is 1. The molecule has 3 heterocycles. The van der Waals surface area contributed by atoms with Crippen molar-refractivity contribution in [2.24, 2.45) is 11.7 Å². The lowest BCUT2D eigenvalue weighted by Crippen LogP contribution is -2.52. The SMILES string of the molecule is NCCCCC(=O)Nc1cccc2c1CN(C1CCC(=O)NC1=O)C2=O.O=C(Nc1cccc(Cl)c1)C1C(c2cccc(Cl)c2F)CNC12CCCCC2.O=CNc1ccc(C=O)cc1. The number of unbranched alkanes of at least 4 members (excludes halogenated alkanes) is 1. The van der Waals surface area contributed by atoms with Gasteiger partial charge in [0.25, 0.3) is 5.91 Å². The fraction of sp³-hybridized carbons (Fsp3) is 0.354. The summed E-state index contributed by atoms with van der Waals surface area (Å²) in [5, 5.41) is 14.9. The first kappa shape index (κ1) is 48.5. The predicted octanol–water partition coefficient (Wildman–Crippen LogP) is 7.36. The Bertz CT molecular complexity index is 2400. The summed E-state index contributed by atoms with van der Waals surface area (Å²) in [5.74, 6) is -2.32. The molecule has 65 heavy (non-hydrogen) atoms. The Balaban J connectivity index is 0.000000176. The zero-order valence-electron chi connectivity index (χ0n) is 35.7. The number of nitrogens with zero attached hydrogens (tertiary/aromatic N) is 1. The molecular weight excluding hydrogens is 876 g/mol. The van der Waals surface area contributed by atoms with E-state index in [1.807, 2.05) is 6.07 Å². The number of anilines is 3. The first-order valence-corrected chi connectivity index (χ1v) is 22.4. The van der Waals surface area contributed by atoms with Gasteiger partial charge in [-0.15, -0.1) is 0 Å². The minimum absolute atomic E-state index is 0.0936. The fourth-order valence-corrected chi connectivity index (χ4v) is 9.36. The van der Waals surface area contributed by atoms with E-state index < -0.39 is 17.8 Å². The summed E-state index contributed by atoms with van der Waals surface area (Å²) in [5.41, 5.74) is 9.35. The second-order valence-corrected chi connectivity index (χ2v) is 17.2. The summed E-state index contributed by atoms with van der Waals surface area (Å²) in [4.78, 5) is 83.2. The molecule has 1 aliphatic carbocycles. The monoisotopic (exact) mass is 927 g/mol. The van der Waals surface area contributed by atoms with Crippen LogP contribution in [0.25, 0.3) is 0 Å². The number of halogens is 3. The van der Waals surface area contributed by atoms with Crippen molar-refractivity contribution in [3.8, 4) is 0 Å². The second kappa shape index (κ2) is 22.8. The molecule has 17 heteroatoms.